The van der Waals surface area contributed by atoms with Crippen LogP contribution in [0.1, 0.15) is 38.5 Å². The number of halogens is 1. The third kappa shape index (κ3) is 7.03. The first-order valence-corrected chi connectivity index (χ1v) is 12.3. The Kier molecular flexibility index (Phi) is 8.51. The summed E-state index contributed by atoms with van der Waals surface area (Å²) < 4.78 is 13.6. The Morgan fingerprint density at radius 3 is 2.71 bits per heavy atom. The van der Waals surface area contributed by atoms with Crippen LogP contribution in [0.15, 0.2) is 36.7 Å². The van der Waals surface area contributed by atoms with Crippen molar-refractivity contribution < 1.29 is 14.3 Å². The zero-order chi connectivity index (χ0) is 23.8. The summed E-state index contributed by atoms with van der Waals surface area (Å²) in [6.45, 7) is 6.57. The normalized spacial score (nSPS) is 19.3. The smallest absolute Gasteiger partial charge is 0.303 e. The van der Waals surface area contributed by atoms with E-state index in [4.69, 9.17) is 5.11 Å². The van der Waals surface area contributed by atoms with Crippen molar-refractivity contribution in [3.05, 3.63) is 42.5 Å². The van der Waals surface area contributed by atoms with Gasteiger partial charge < -0.3 is 20.2 Å². The lowest BCUT2D eigenvalue weighted by atomic mass is 10.0. The first kappa shape index (κ1) is 24.2. The average Bonchev–Trinajstić information content (AvgIpc) is 2.84. The molecule has 1 atom stereocenters. The number of rotatable bonds is 10. The highest BCUT2D eigenvalue weighted by Crippen LogP contribution is 2.23. The summed E-state index contributed by atoms with van der Waals surface area (Å²) in [5, 5.41) is 12.3. The Hall–Kier alpha value is -2.94. The molecule has 3 heterocycles. The minimum Gasteiger partial charge on any atom is -0.481 e. The molecule has 0 bridgehead atoms. The molecule has 1 aromatic carbocycles. The van der Waals surface area contributed by atoms with Crippen molar-refractivity contribution in [2.45, 2.75) is 44.6 Å². The molecule has 2 fully saturated rings. The van der Waals surface area contributed by atoms with E-state index >= 15 is 0 Å². The maximum atomic E-state index is 13.6. The van der Waals surface area contributed by atoms with Gasteiger partial charge >= 0.3 is 5.97 Å². The lowest BCUT2D eigenvalue weighted by molar-refractivity contribution is -0.137. The number of anilines is 3. The van der Waals surface area contributed by atoms with Gasteiger partial charge in [0.1, 0.15) is 23.8 Å². The van der Waals surface area contributed by atoms with Gasteiger partial charge in [0.25, 0.3) is 0 Å². The standard InChI is InChI=1S/C25H35FN6O2/c26-20-6-4-8-22(16-20)32-11-5-7-21(18-32)29-23-17-24(28-19-27-23)31-14-12-30(13-15-31)10-3-1-2-9-25(33)34/h4,6,8,16-17,19,21H,1-3,5,7,9-15,18H2,(H,33,34)(H,27,28,29)/t21-/m1/s1. The predicted molar refractivity (Wildman–Crippen MR) is 132 cm³/mol. The van der Waals surface area contributed by atoms with Crippen LogP contribution in [0.25, 0.3) is 0 Å². The molecule has 1 aromatic heterocycles. The zero-order valence-electron chi connectivity index (χ0n) is 19.7. The number of hydrogen-bond donors (Lipinski definition) is 2. The van der Waals surface area contributed by atoms with Gasteiger partial charge in [-0.3, -0.25) is 9.69 Å². The van der Waals surface area contributed by atoms with E-state index in [9.17, 15) is 9.18 Å². The van der Waals surface area contributed by atoms with E-state index in [-0.39, 0.29) is 18.3 Å². The maximum absolute atomic E-state index is 13.6. The first-order chi connectivity index (χ1) is 16.6. The van der Waals surface area contributed by atoms with Gasteiger partial charge in [0.2, 0.25) is 0 Å². The molecular formula is C25H35FN6O2. The minimum atomic E-state index is -0.709. The van der Waals surface area contributed by atoms with Crippen molar-refractivity contribution in [3.8, 4) is 0 Å². The summed E-state index contributed by atoms with van der Waals surface area (Å²) >= 11 is 0. The lowest BCUT2D eigenvalue weighted by Crippen LogP contribution is -2.47. The van der Waals surface area contributed by atoms with Crippen LogP contribution >= 0.6 is 0 Å². The highest BCUT2D eigenvalue weighted by molar-refractivity contribution is 5.66. The van der Waals surface area contributed by atoms with Crippen molar-refractivity contribution in [1.29, 1.82) is 0 Å². The van der Waals surface area contributed by atoms with E-state index in [0.29, 0.717) is 0 Å². The monoisotopic (exact) mass is 470 g/mol. The van der Waals surface area contributed by atoms with Crippen molar-refractivity contribution in [3.63, 3.8) is 0 Å². The quantitative estimate of drug-likeness (QED) is 0.511. The van der Waals surface area contributed by atoms with Gasteiger partial charge in [-0.2, -0.15) is 0 Å². The number of benzene rings is 1. The van der Waals surface area contributed by atoms with Gasteiger partial charge in [0.05, 0.1) is 0 Å². The van der Waals surface area contributed by atoms with Gasteiger partial charge in [0.15, 0.2) is 0 Å². The molecule has 0 unspecified atom stereocenters. The summed E-state index contributed by atoms with van der Waals surface area (Å²) in [7, 11) is 0. The van der Waals surface area contributed by atoms with Crippen molar-refractivity contribution >= 4 is 23.3 Å². The average molecular weight is 471 g/mol. The second-order valence-electron chi connectivity index (χ2n) is 9.20. The van der Waals surface area contributed by atoms with E-state index < -0.39 is 5.97 Å². The van der Waals surface area contributed by atoms with E-state index in [1.165, 1.54) is 6.07 Å². The number of piperazine rings is 1. The highest BCUT2D eigenvalue weighted by atomic mass is 19.1. The van der Waals surface area contributed by atoms with Crippen molar-refractivity contribution in [2.24, 2.45) is 0 Å². The Balaban J connectivity index is 1.24. The topological polar surface area (TPSA) is 84.8 Å². The van der Waals surface area contributed by atoms with Crippen LogP contribution in [-0.4, -0.2) is 77.8 Å². The third-order valence-corrected chi connectivity index (χ3v) is 6.66. The Bertz CT molecular complexity index is 937. The zero-order valence-corrected chi connectivity index (χ0v) is 19.7. The molecule has 0 aliphatic carbocycles. The number of unbranched alkanes of at least 4 members (excludes halogenated alkanes) is 2. The molecule has 184 valence electrons. The predicted octanol–water partition coefficient (Wildman–Crippen LogP) is 3.46. The van der Waals surface area contributed by atoms with Crippen LogP contribution in [0.5, 0.6) is 0 Å². The molecule has 2 aliphatic rings. The highest BCUT2D eigenvalue weighted by Gasteiger charge is 2.22. The molecule has 2 N–H and O–H groups in total. The number of carboxylic acid groups (broad SMARTS) is 1. The molecule has 0 spiro atoms. The molecule has 0 saturated carbocycles. The van der Waals surface area contributed by atoms with E-state index in [2.05, 4.69) is 30.0 Å². The Morgan fingerprint density at radius 2 is 1.91 bits per heavy atom. The second kappa shape index (κ2) is 12.0. The summed E-state index contributed by atoms with van der Waals surface area (Å²) in [6, 6.07) is 9.08. The fourth-order valence-electron chi connectivity index (χ4n) is 4.80. The third-order valence-electron chi connectivity index (χ3n) is 6.66. The molecule has 0 amide bonds. The van der Waals surface area contributed by atoms with E-state index in [1.54, 1.807) is 18.5 Å². The Morgan fingerprint density at radius 1 is 1.06 bits per heavy atom. The number of carbonyl (C=O) groups is 1. The number of nitrogens with one attached hydrogen (secondary N) is 1. The SMILES string of the molecule is O=C(O)CCCCCN1CCN(c2cc(N[C@@H]3CCCN(c4cccc(F)c4)C3)ncn2)CC1. The van der Waals surface area contributed by atoms with Gasteiger partial charge in [-0.25, -0.2) is 14.4 Å². The number of hydrogen-bond acceptors (Lipinski definition) is 7. The van der Waals surface area contributed by atoms with Crippen LogP contribution < -0.4 is 15.1 Å². The molecule has 2 aliphatic heterocycles. The summed E-state index contributed by atoms with van der Waals surface area (Å²) in [5.74, 6) is 0.861. The van der Waals surface area contributed by atoms with Gasteiger partial charge in [-0.1, -0.05) is 12.5 Å². The lowest BCUT2D eigenvalue weighted by Gasteiger charge is -2.36. The van der Waals surface area contributed by atoms with E-state index in [0.717, 1.165) is 95.2 Å². The fraction of sp³-hybridized carbons (Fsp3) is 0.560. The molecule has 8 nitrogen and oxygen atoms in total. The molecule has 2 aromatic rings. The van der Waals surface area contributed by atoms with Crippen LogP contribution in [0.2, 0.25) is 0 Å². The van der Waals surface area contributed by atoms with Gasteiger partial charge in [0, 0.05) is 63.5 Å². The molecule has 2 saturated heterocycles. The van der Waals surface area contributed by atoms with Crippen LogP contribution in [-0.2, 0) is 4.79 Å². The molecule has 0 radical (unpaired) electrons. The van der Waals surface area contributed by atoms with E-state index in [1.807, 2.05) is 12.1 Å². The Labute approximate surface area is 200 Å². The number of piperidine rings is 1. The fourth-order valence-corrected chi connectivity index (χ4v) is 4.80. The maximum Gasteiger partial charge on any atom is 0.303 e. The van der Waals surface area contributed by atoms with Crippen LogP contribution in [0.3, 0.4) is 0 Å². The number of carboxylic acids is 1. The molecular weight excluding hydrogens is 435 g/mol. The summed E-state index contributed by atoms with van der Waals surface area (Å²) in [6.07, 6.45) is 6.75. The second-order valence-corrected chi connectivity index (χ2v) is 9.20. The molecule has 4 rings (SSSR count). The van der Waals surface area contributed by atoms with Crippen LogP contribution in [0, 0.1) is 5.82 Å². The summed E-state index contributed by atoms with van der Waals surface area (Å²) in [5.41, 5.74) is 0.926. The number of nitrogens with zero attached hydrogens (tertiary/aromatic N) is 5. The number of aromatic nitrogens is 2. The van der Waals surface area contributed by atoms with Crippen molar-refractivity contribution in [2.75, 3.05) is 60.9 Å². The molecule has 9 heteroatoms. The van der Waals surface area contributed by atoms with Gasteiger partial charge in [-0.05, 0) is 50.4 Å². The summed E-state index contributed by atoms with van der Waals surface area (Å²) in [4.78, 5) is 26.5. The minimum absolute atomic E-state index is 0.202. The number of aliphatic carboxylic acids is 1. The molecule has 34 heavy (non-hydrogen) atoms. The van der Waals surface area contributed by atoms with Crippen LogP contribution in [0.4, 0.5) is 21.7 Å². The first-order valence-electron chi connectivity index (χ1n) is 12.3. The van der Waals surface area contributed by atoms with Crippen molar-refractivity contribution in [1.82, 2.24) is 14.9 Å². The van der Waals surface area contributed by atoms with Gasteiger partial charge in [-0.15, -0.1) is 0 Å². The largest absolute Gasteiger partial charge is 0.481 e.